The first kappa shape index (κ1) is 19.9. The lowest BCUT2D eigenvalue weighted by atomic mass is 10.1. The fourth-order valence-corrected chi connectivity index (χ4v) is 3.76. The van der Waals surface area contributed by atoms with E-state index in [1.165, 1.54) is 24.3 Å². The summed E-state index contributed by atoms with van der Waals surface area (Å²) in [7, 11) is 0. The molecule has 1 aromatic rings. The summed E-state index contributed by atoms with van der Waals surface area (Å²) in [6, 6.07) is 5.48. The average Bonchev–Trinajstić information content (AvgIpc) is 3.20. The largest absolute Gasteiger partial charge is 0.447 e. The van der Waals surface area contributed by atoms with E-state index in [1.54, 1.807) is 13.8 Å². The van der Waals surface area contributed by atoms with Gasteiger partial charge in [0.25, 0.3) is 0 Å². The first-order valence-electron chi connectivity index (χ1n) is 9.09. The highest BCUT2D eigenvalue weighted by Gasteiger charge is 2.60. The van der Waals surface area contributed by atoms with Gasteiger partial charge in [0.1, 0.15) is 23.8 Å². The molecule has 3 aliphatic heterocycles. The van der Waals surface area contributed by atoms with Gasteiger partial charge in [0.05, 0.1) is 6.61 Å². The van der Waals surface area contributed by atoms with Crippen molar-refractivity contribution in [2.45, 2.75) is 70.0 Å². The Kier molecular flexibility index (Phi) is 5.09. The smallest absolute Gasteiger partial charge is 0.358 e. The minimum Gasteiger partial charge on any atom is -0.447 e. The zero-order valence-electron chi connectivity index (χ0n) is 16.0. The van der Waals surface area contributed by atoms with E-state index < -0.39 is 36.2 Å². The fraction of sp³-hybridized carbons (Fsp3) is 0.632. The van der Waals surface area contributed by atoms with Crippen LogP contribution in [0.2, 0.25) is 0 Å². The predicted molar refractivity (Wildman–Crippen MR) is 98.1 cm³/mol. The van der Waals surface area contributed by atoms with Crippen LogP contribution in [0.25, 0.3) is 0 Å². The number of benzene rings is 1. The summed E-state index contributed by atoms with van der Waals surface area (Å²) in [5.74, 6) is -1.54. The van der Waals surface area contributed by atoms with E-state index in [1.807, 2.05) is 13.8 Å². The maximum atomic E-state index is 13.1. The third-order valence-electron chi connectivity index (χ3n) is 4.67. The van der Waals surface area contributed by atoms with Crippen molar-refractivity contribution in [1.82, 2.24) is 0 Å². The molecule has 0 saturated carbocycles. The Bertz CT molecular complexity index is 738. The SMILES string of the molecule is CC1(C)O[C@H]2O[C@H]([C@H]3COC(C)(C)O3)[C@H](OC(=S)Oc3ccc(F)cc3)[C@H]2O1. The molecule has 28 heavy (non-hydrogen) atoms. The molecule has 4 rings (SSSR count). The average molecular weight is 414 g/mol. The van der Waals surface area contributed by atoms with Crippen molar-refractivity contribution >= 4 is 17.5 Å². The van der Waals surface area contributed by atoms with E-state index in [2.05, 4.69) is 0 Å². The van der Waals surface area contributed by atoms with E-state index in [0.717, 1.165) is 0 Å². The molecule has 0 aliphatic carbocycles. The van der Waals surface area contributed by atoms with Crippen molar-refractivity contribution in [3.63, 3.8) is 0 Å². The van der Waals surface area contributed by atoms with Gasteiger partial charge in [-0.3, -0.25) is 0 Å². The molecule has 5 atom stereocenters. The molecule has 0 aromatic heterocycles. The van der Waals surface area contributed by atoms with Crippen molar-refractivity contribution in [2.24, 2.45) is 0 Å². The van der Waals surface area contributed by atoms with Crippen LogP contribution in [-0.2, 0) is 28.4 Å². The van der Waals surface area contributed by atoms with Gasteiger partial charge < -0.3 is 33.2 Å². The molecule has 0 bridgehead atoms. The summed E-state index contributed by atoms with van der Waals surface area (Å²) in [6.07, 6.45) is -2.66. The Morgan fingerprint density at radius 2 is 1.75 bits per heavy atom. The second kappa shape index (κ2) is 7.16. The molecule has 3 aliphatic rings. The molecule has 3 saturated heterocycles. The molecule has 0 N–H and O–H groups in total. The van der Waals surface area contributed by atoms with Gasteiger partial charge in [-0.15, -0.1) is 0 Å². The molecule has 9 heteroatoms. The van der Waals surface area contributed by atoms with Crippen LogP contribution < -0.4 is 4.74 Å². The van der Waals surface area contributed by atoms with E-state index >= 15 is 0 Å². The van der Waals surface area contributed by atoms with Gasteiger partial charge >= 0.3 is 5.24 Å². The van der Waals surface area contributed by atoms with Crippen LogP contribution in [0.3, 0.4) is 0 Å². The topological polar surface area (TPSA) is 64.6 Å². The zero-order valence-corrected chi connectivity index (χ0v) is 16.9. The number of hydrogen-bond donors (Lipinski definition) is 0. The van der Waals surface area contributed by atoms with Crippen LogP contribution in [0.1, 0.15) is 27.7 Å². The number of rotatable bonds is 3. The van der Waals surface area contributed by atoms with Crippen LogP contribution in [0, 0.1) is 5.82 Å². The Labute approximate surface area is 167 Å². The number of fused-ring (bicyclic) bond motifs is 1. The van der Waals surface area contributed by atoms with Gasteiger partial charge in [-0.25, -0.2) is 4.39 Å². The summed E-state index contributed by atoms with van der Waals surface area (Å²) in [5.41, 5.74) is 0. The summed E-state index contributed by atoms with van der Waals surface area (Å²) in [4.78, 5) is 0. The van der Waals surface area contributed by atoms with Gasteiger partial charge in [0.2, 0.25) is 0 Å². The van der Waals surface area contributed by atoms with Crippen molar-refractivity contribution in [2.75, 3.05) is 6.61 Å². The highest BCUT2D eigenvalue weighted by molar-refractivity contribution is 7.79. The standard InChI is InChI=1S/C19H23FO7S/c1-18(2)21-9-12(25-18)13-14(15-16(23-13)27-19(3,4)26-15)24-17(28)22-11-7-5-10(20)6-8-11/h5-8,12-16H,9H2,1-4H3/t12-,13-,14+,15-,16-/m1/s1. The fourth-order valence-electron chi connectivity index (χ4n) is 3.55. The van der Waals surface area contributed by atoms with Gasteiger partial charge in [-0.2, -0.15) is 0 Å². The summed E-state index contributed by atoms with van der Waals surface area (Å²) >= 11 is 5.23. The lowest BCUT2D eigenvalue weighted by Gasteiger charge is -2.29. The highest BCUT2D eigenvalue weighted by atomic mass is 32.1. The molecule has 0 unspecified atom stereocenters. The van der Waals surface area contributed by atoms with Crippen LogP contribution >= 0.6 is 12.2 Å². The maximum Gasteiger partial charge on any atom is 0.358 e. The molecular formula is C19H23FO7S. The third-order valence-corrected chi connectivity index (χ3v) is 4.85. The second-order valence-corrected chi connectivity index (χ2v) is 8.16. The second-order valence-electron chi connectivity index (χ2n) is 7.82. The van der Waals surface area contributed by atoms with Gasteiger partial charge in [-0.05, 0) is 52.0 Å². The predicted octanol–water partition coefficient (Wildman–Crippen LogP) is 2.90. The molecule has 0 radical (unpaired) electrons. The third kappa shape index (κ3) is 4.14. The molecular weight excluding hydrogens is 391 g/mol. The normalized spacial score (nSPS) is 35.5. The van der Waals surface area contributed by atoms with Gasteiger partial charge in [0.15, 0.2) is 30.1 Å². The zero-order chi connectivity index (χ0) is 20.1. The monoisotopic (exact) mass is 414 g/mol. The van der Waals surface area contributed by atoms with Crippen LogP contribution in [0.15, 0.2) is 24.3 Å². The molecule has 0 amide bonds. The molecule has 3 fully saturated rings. The highest BCUT2D eigenvalue weighted by Crippen LogP contribution is 2.42. The Hall–Kier alpha value is -1.36. The number of hydrogen-bond acceptors (Lipinski definition) is 8. The maximum absolute atomic E-state index is 13.1. The van der Waals surface area contributed by atoms with Crippen molar-refractivity contribution in [3.8, 4) is 5.75 Å². The molecule has 154 valence electrons. The Morgan fingerprint density at radius 1 is 1.04 bits per heavy atom. The summed E-state index contributed by atoms with van der Waals surface area (Å²) in [5, 5.41) is -0.127. The van der Waals surface area contributed by atoms with Crippen molar-refractivity contribution in [1.29, 1.82) is 0 Å². The Morgan fingerprint density at radius 3 is 2.39 bits per heavy atom. The van der Waals surface area contributed by atoms with E-state index in [-0.39, 0.29) is 17.2 Å². The molecule has 0 spiro atoms. The van der Waals surface area contributed by atoms with E-state index in [9.17, 15) is 4.39 Å². The Balaban J connectivity index is 1.48. The van der Waals surface area contributed by atoms with Gasteiger partial charge in [0, 0.05) is 12.2 Å². The van der Waals surface area contributed by atoms with E-state index in [4.69, 9.17) is 45.4 Å². The van der Waals surface area contributed by atoms with Crippen LogP contribution in [-0.4, -0.2) is 54.1 Å². The van der Waals surface area contributed by atoms with Gasteiger partial charge in [-0.1, -0.05) is 0 Å². The minimum absolute atomic E-state index is 0.127. The van der Waals surface area contributed by atoms with Crippen molar-refractivity contribution in [3.05, 3.63) is 30.1 Å². The molecule has 7 nitrogen and oxygen atoms in total. The summed E-state index contributed by atoms with van der Waals surface area (Å²) in [6.45, 7) is 7.60. The van der Waals surface area contributed by atoms with E-state index in [0.29, 0.717) is 12.4 Å². The van der Waals surface area contributed by atoms with Crippen molar-refractivity contribution < 1.29 is 37.5 Å². The lowest BCUT2D eigenvalue weighted by Crippen LogP contribution is -2.45. The lowest BCUT2D eigenvalue weighted by molar-refractivity contribution is -0.231. The molecule has 1 aromatic carbocycles. The van der Waals surface area contributed by atoms with Crippen LogP contribution in [0.5, 0.6) is 5.75 Å². The summed E-state index contributed by atoms with van der Waals surface area (Å²) < 4.78 is 53.9. The molecule has 3 heterocycles. The quantitative estimate of drug-likeness (QED) is 0.700. The number of thiocarbonyl (C=S) groups is 1. The number of ether oxygens (including phenoxy) is 7. The first-order valence-corrected chi connectivity index (χ1v) is 9.50. The first-order chi connectivity index (χ1) is 13.1. The number of halogens is 1. The minimum atomic E-state index is -0.812. The van der Waals surface area contributed by atoms with Crippen LogP contribution in [0.4, 0.5) is 4.39 Å².